The number of benzene rings is 1. The van der Waals surface area contributed by atoms with Crippen molar-refractivity contribution in [3.8, 4) is 11.7 Å². The van der Waals surface area contributed by atoms with Gasteiger partial charge < -0.3 is 4.74 Å². The third kappa shape index (κ3) is 2.81. The van der Waals surface area contributed by atoms with Gasteiger partial charge in [0.2, 0.25) is 0 Å². The SMILES string of the molecule is [CH2]c1cccc(-n2nnnc2OCCCC)c1. The van der Waals surface area contributed by atoms with Crippen LogP contribution in [-0.2, 0) is 0 Å². The summed E-state index contributed by atoms with van der Waals surface area (Å²) in [6, 6.07) is 8.07. The van der Waals surface area contributed by atoms with Gasteiger partial charge in [-0.2, -0.15) is 4.68 Å². The van der Waals surface area contributed by atoms with Crippen LogP contribution in [0.1, 0.15) is 25.3 Å². The van der Waals surface area contributed by atoms with Crippen LogP contribution in [-0.4, -0.2) is 26.8 Å². The normalized spacial score (nSPS) is 10.5. The molecule has 0 atom stereocenters. The van der Waals surface area contributed by atoms with Gasteiger partial charge in [0.05, 0.1) is 12.3 Å². The topological polar surface area (TPSA) is 52.8 Å². The van der Waals surface area contributed by atoms with E-state index in [1.54, 1.807) is 4.68 Å². The Morgan fingerprint density at radius 2 is 2.29 bits per heavy atom. The fraction of sp³-hybridized carbons (Fsp3) is 0.333. The van der Waals surface area contributed by atoms with Gasteiger partial charge in [0, 0.05) is 0 Å². The lowest BCUT2D eigenvalue weighted by molar-refractivity contribution is 0.278. The van der Waals surface area contributed by atoms with Gasteiger partial charge in [0.25, 0.3) is 0 Å². The molecule has 0 unspecified atom stereocenters. The first kappa shape index (κ1) is 11.6. The van der Waals surface area contributed by atoms with E-state index in [1.165, 1.54) is 0 Å². The van der Waals surface area contributed by atoms with Gasteiger partial charge in [0.1, 0.15) is 0 Å². The van der Waals surface area contributed by atoms with E-state index < -0.39 is 0 Å². The molecular weight excluding hydrogens is 216 g/mol. The Morgan fingerprint density at radius 1 is 1.41 bits per heavy atom. The van der Waals surface area contributed by atoms with E-state index in [0.717, 1.165) is 24.1 Å². The lowest BCUT2D eigenvalue weighted by Crippen LogP contribution is -2.05. The molecule has 1 heterocycles. The number of nitrogens with zero attached hydrogens (tertiary/aromatic N) is 4. The average Bonchev–Trinajstić information content (AvgIpc) is 2.78. The lowest BCUT2D eigenvalue weighted by atomic mass is 10.2. The second-order valence-electron chi connectivity index (χ2n) is 3.75. The van der Waals surface area contributed by atoms with Crippen molar-refractivity contribution in [1.29, 1.82) is 0 Å². The summed E-state index contributed by atoms with van der Waals surface area (Å²) in [5, 5.41) is 11.4. The number of unbranched alkanes of at least 4 members (excludes halogenated alkanes) is 1. The third-order valence-electron chi connectivity index (χ3n) is 2.33. The Kier molecular flexibility index (Phi) is 3.69. The fourth-order valence-corrected chi connectivity index (χ4v) is 1.43. The Balaban J connectivity index is 2.18. The summed E-state index contributed by atoms with van der Waals surface area (Å²) in [6.45, 7) is 6.61. The molecule has 0 bridgehead atoms. The molecule has 0 N–H and O–H groups in total. The van der Waals surface area contributed by atoms with Crippen LogP contribution < -0.4 is 4.74 Å². The molecule has 0 fully saturated rings. The van der Waals surface area contributed by atoms with Crippen molar-refractivity contribution in [3.05, 3.63) is 36.8 Å². The molecule has 1 radical (unpaired) electrons. The number of hydrogen-bond donors (Lipinski definition) is 0. The van der Waals surface area contributed by atoms with Gasteiger partial charge >= 0.3 is 6.01 Å². The molecular formula is C12H15N4O. The lowest BCUT2D eigenvalue weighted by Gasteiger charge is -2.06. The smallest absolute Gasteiger partial charge is 0.340 e. The Hall–Kier alpha value is -1.91. The zero-order valence-corrected chi connectivity index (χ0v) is 9.83. The second kappa shape index (κ2) is 5.43. The maximum absolute atomic E-state index is 5.52. The molecule has 5 nitrogen and oxygen atoms in total. The number of ether oxygens (including phenoxy) is 1. The Bertz CT molecular complexity index is 481. The standard InChI is InChI=1S/C12H15N4O/c1-3-4-8-17-12-13-14-15-16(12)11-7-5-6-10(2)9-11/h5-7,9H,2-4,8H2,1H3. The summed E-state index contributed by atoms with van der Waals surface area (Å²) in [5.41, 5.74) is 1.77. The van der Waals surface area contributed by atoms with Crippen LogP contribution in [0.25, 0.3) is 5.69 Å². The minimum absolute atomic E-state index is 0.420. The van der Waals surface area contributed by atoms with Crippen molar-refractivity contribution in [3.63, 3.8) is 0 Å². The van der Waals surface area contributed by atoms with Crippen molar-refractivity contribution in [2.24, 2.45) is 0 Å². The first-order valence-corrected chi connectivity index (χ1v) is 5.65. The Labute approximate surface area is 100 Å². The zero-order chi connectivity index (χ0) is 12.1. The zero-order valence-electron chi connectivity index (χ0n) is 9.83. The molecule has 1 aromatic heterocycles. The predicted molar refractivity (Wildman–Crippen MR) is 64.0 cm³/mol. The third-order valence-corrected chi connectivity index (χ3v) is 2.33. The van der Waals surface area contributed by atoms with E-state index in [2.05, 4.69) is 29.4 Å². The molecule has 0 saturated carbocycles. The van der Waals surface area contributed by atoms with Gasteiger partial charge in [-0.15, -0.1) is 0 Å². The number of tetrazole rings is 1. The molecule has 17 heavy (non-hydrogen) atoms. The van der Waals surface area contributed by atoms with Crippen LogP contribution >= 0.6 is 0 Å². The molecule has 2 aromatic rings. The van der Waals surface area contributed by atoms with Crippen molar-refractivity contribution in [2.45, 2.75) is 19.8 Å². The molecule has 1 aromatic carbocycles. The fourth-order valence-electron chi connectivity index (χ4n) is 1.43. The maximum atomic E-state index is 5.52. The number of hydrogen-bond acceptors (Lipinski definition) is 4. The molecule has 0 aliphatic rings. The van der Waals surface area contributed by atoms with Crippen LogP contribution in [0.5, 0.6) is 6.01 Å². The number of aromatic nitrogens is 4. The summed E-state index contributed by atoms with van der Waals surface area (Å²) in [5.74, 6) is 0. The van der Waals surface area contributed by atoms with Crippen LogP contribution in [0.4, 0.5) is 0 Å². The highest BCUT2D eigenvalue weighted by Gasteiger charge is 2.08. The van der Waals surface area contributed by atoms with Gasteiger partial charge in [-0.25, -0.2) is 0 Å². The highest BCUT2D eigenvalue weighted by molar-refractivity contribution is 5.37. The van der Waals surface area contributed by atoms with Gasteiger partial charge in [-0.1, -0.05) is 30.6 Å². The summed E-state index contributed by atoms with van der Waals surface area (Å²) in [7, 11) is 0. The molecule has 0 aliphatic carbocycles. The largest absolute Gasteiger partial charge is 0.462 e. The molecule has 0 saturated heterocycles. The molecule has 89 valence electrons. The van der Waals surface area contributed by atoms with Crippen molar-refractivity contribution in [1.82, 2.24) is 20.2 Å². The van der Waals surface area contributed by atoms with Gasteiger partial charge in [0.15, 0.2) is 0 Å². The van der Waals surface area contributed by atoms with E-state index in [4.69, 9.17) is 4.74 Å². The van der Waals surface area contributed by atoms with E-state index in [9.17, 15) is 0 Å². The molecule has 5 heteroatoms. The first-order valence-electron chi connectivity index (χ1n) is 5.65. The molecule has 0 aliphatic heterocycles. The highest BCUT2D eigenvalue weighted by Crippen LogP contribution is 2.14. The first-order chi connectivity index (χ1) is 8.31. The quantitative estimate of drug-likeness (QED) is 0.739. The Morgan fingerprint density at radius 3 is 3.06 bits per heavy atom. The minimum Gasteiger partial charge on any atom is -0.462 e. The predicted octanol–water partition coefficient (Wildman–Crippen LogP) is 2.02. The van der Waals surface area contributed by atoms with E-state index in [-0.39, 0.29) is 0 Å². The van der Waals surface area contributed by atoms with E-state index >= 15 is 0 Å². The minimum atomic E-state index is 0.420. The van der Waals surface area contributed by atoms with Crippen molar-refractivity contribution in [2.75, 3.05) is 6.61 Å². The summed E-state index contributed by atoms with van der Waals surface area (Å²) >= 11 is 0. The average molecular weight is 231 g/mol. The van der Waals surface area contributed by atoms with Crippen LogP contribution in [0.2, 0.25) is 0 Å². The monoisotopic (exact) mass is 231 g/mol. The molecule has 0 spiro atoms. The van der Waals surface area contributed by atoms with Crippen molar-refractivity contribution < 1.29 is 4.74 Å². The summed E-state index contributed by atoms with van der Waals surface area (Å²) in [4.78, 5) is 0. The van der Waals surface area contributed by atoms with E-state index in [1.807, 2.05) is 24.3 Å². The van der Waals surface area contributed by atoms with E-state index in [0.29, 0.717) is 12.6 Å². The van der Waals surface area contributed by atoms with Crippen LogP contribution in [0, 0.1) is 6.92 Å². The van der Waals surface area contributed by atoms with Gasteiger partial charge in [-0.05, 0) is 41.5 Å². The van der Waals surface area contributed by atoms with Crippen LogP contribution in [0.3, 0.4) is 0 Å². The number of rotatable bonds is 5. The van der Waals surface area contributed by atoms with Crippen molar-refractivity contribution >= 4 is 0 Å². The van der Waals surface area contributed by atoms with Gasteiger partial charge in [-0.3, -0.25) is 0 Å². The molecule has 2 rings (SSSR count). The molecule has 0 amide bonds. The highest BCUT2D eigenvalue weighted by atomic mass is 16.5. The summed E-state index contributed by atoms with van der Waals surface area (Å²) in [6.07, 6.45) is 2.07. The second-order valence-corrected chi connectivity index (χ2v) is 3.75. The summed E-state index contributed by atoms with van der Waals surface area (Å²) < 4.78 is 7.09. The maximum Gasteiger partial charge on any atom is 0.340 e. The van der Waals surface area contributed by atoms with Crippen LogP contribution in [0.15, 0.2) is 24.3 Å².